The molecule has 4 aromatic rings. The maximum atomic E-state index is 13.6. The highest BCUT2D eigenvalue weighted by atomic mass is 19.4. The molecule has 2 heterocycles. The van der Waals surface area contributed by atoms with Crippen LogP contribution in [-0.2, 0) is 6.42 Å². The van der Waals surface area contributed by atoms with Crippen LogP contribution in [-0.4, -0.2) is 36.1 Å². The number of nitrogens with one attached hydrogen (secondary N) is 2. The molecule has 10 heteroatoms. The van der Waals surface area contributed by atoms with Gasteiger partial charge < -0.3 is 15.1 Å². The Morgan fingerprint density at radius 1 is 1.05 bits per heavy atom. The van der Waals surface area contributed by atoms with Gasteiger partial charge in [0.25, 0.3) is 11.8 Å². The van der Waals surface area contributed by atoms with Gasteiger partial charge in [0.15, 0.2) is 0 Å². The topological polar surface area (TPSA) is 84.2 Å². The van der Waals surface area contributed by atoms with Crippen LogP contribution in [0.25, 0.3) is 33.6 Å². The highest BCUT2D eigenvalue weighted by Crippen LogP contribution is 2.38. The number of rotatable bonds is 8. The molecule has 2 amide bonds. The Morgan fingerprint density at radius 3 is 2.42 bits per heavy atom. The van der Waals surface area contributed by atoms with Crippen LogP contribution in [0.4, 0.5) is 17.6 Å². The Bertz CT molecular complexity index is 1570. The predicted octanol–water partition coefficient (Wildman–Crippen LogP) is 6.68. The lowest BCUT2D eigenvalue weighted by Gasteiger charge is -2.14. The van der Waals surface area contributed by atoms with Crippen LogP contribution < -0.4 is 10.6 Å². The third kappa shape index (κ3) is 5.85. The Hall–Kier alpha value is -4.21. The largest absolute Gasteiger partial charge is 0.437 e. The average molecular weight is 554 g/mol. The number of alkyl halides is 3. The van der Waals surface area contributed by atoms with Crippen molar-refractivity contribution in [1.29, 1.82) is 0 Å². The van der Waals surface area contributed by atoms with E-state index in [0.29, 0.717) is 28.2 Å². The maximum Gasteiger partial charge on any atom is 0.389 e. The zero-order chi connectivity index (χ0) is 28.6. The molecule has 2 aromatic carbocycles. The van der Waals surface area contributed by atoms with Crippen molar-refractivity contribution < 1.29 is 31.6 Å². The first-order valence-corrected chi connectivity index (χ1v) is 13.0. The average Bonchev–Trinajstić information content (AvgIpc) is 3.72. The highest BCUT2D eigenvalue weighted by Gasteiger charge is 2.30. The zero-order valence-corrected chi connectivity index (χ0v) is 21.9. The van der Waals surface area contributed by atoms with Crippen molar-refractivity contribution >= 4 is 22.9 Å². The number of amides is 2. The molecule has 1 aliphatic carbocycles. The molecule has 2 N–H and O–H groups in total. The Balaban J connectivity index is 1.65. The van der Waals surface area contributed by atoms with Crippen LogP contribution >= 0.6 is 0 Å². The number of furan rings is 1. The van der Waals surface area contributed by atoms with Gasteiger partial charge in [-0.05, 0) is 80.1 Å². The summed E-state index contributed by atoms with van der Waals surface area (Å²) in [5.41, 5.74) is 1.79. The fourth-order valence-electron chi connectivity index (χ4n) is 4.75. The van der Waals surface area contributed by atoms with E-state index in [1.165, 1.54) is 31.3 Å². The molecule has 0 spiro atoms. The van der Waals surface area contributed by atoms with E-state index in [9.17, 15) is 27.2 Å². The van der Waals surface area contributed by atoms with Gasteiger partial charge in [0.1, 0.15) is 11.6 Å². The summed E-state index contributed by atoms with van der Waals surface area (Å²) in [6.45, 7) is 1.95. The Kier molecular flexibility index (Phi) is 7.35. The van der Waals surface area contributed by atoms with Gasteiger partial charge in [-0.1, -0.05) is 12.1 Å². The first kappa shape index (κ1) is 27.4. The van der Waals surface area contributed by atoms with Crippen molar-refractivity contribution in [3.63, 3.8) is 0 Å². The molecule has 6 nitrogen and oxygen atoms in total. The lowest BCUT2D eigenvalue weighted by Crippen LogP contribution is -2.33. The van der Waals surface area contributed by atoms with Crippen LogP contribution in [0.1, 0.15) is 52.6 Å². The molecule has 0 unspecified atom stereocenters. The van der Waals surface area contributed by atoms with Gasteiger partial charge in [-0.2, -0.15) is 13.2 Å². The zero-order valence-electron chi connectivity index (χ0n) is 21.9. The van der Waals surface area contributed by atoms with Crippen molar-refractivity contribution in [2.45, 2.75) is 44.8 Å². The van der Waals surface area contributed by atoms with E-state index < -0.39 is 30.7 Å². The van der Waals surface area contributed by atoms with Crippen LogP contribution in [0.5, 0.6) is 0 Å². The first-order valence-electron chi connectivity index (χ1n) is 13.0. The Morgan fingerprint density at radius 2 is 1.77 bits per heavy atom. The van der Waals surface area contributed by atoms with Crippen LogP contribution in [0.3, 0.4) is 0 Å². The second-order valence-corrected chi connectivity index (χ2v) is 10.0. The number of halogens is 4. The molecule has 40 heavy (non-hydrogen) atoms. The van der Waals surface area contributed by atoms with Gasteiger partial charge >= 0.3 is 6.18 Å². The summed E-state index contributed by atoms with van der Waals surface area (Å²) in [4.78, 5) is 30.3. The van der Waals surface area contributed by atoms with Gasteiger partial charge in [-0.25, -0.2) is 9.37 Å². The number of hydrogen-bond donors (Lipinski definition) is 2. The lowest BCUT2D eigenvalue weighted by atomic mass is 9.96. The number of carbonyl (C=O) groups excluding carboxylic acids is 2. The minimum absolute atomic E-state index is 0.0162. The number of benzene rings is 2. The number of fused-ring (bicyclic) bond motifs is 1. The third-order valence-electron chi connectivity index (χ3n) is 7.09. The van der Waals surface area contributed by atoms with Crippen molar-refractivity contribution in [3.05, 3.63) is 77.2 Å². The number of nitrogens with zero attached hydrogens (tertiary/aromatic N) is 1. The van der Waals surface area contributed by atoms with Crippen LogP contribution in [0, 0.1) is 11.7 Å². The SMILES string of the molecule is CNC(=O)c1c(-c2ccc(F)cc2)oc2nc(CCC(F)(F)F)c(-c3cccc(C(=O)N[C@H](C)C4CC4)c3)cc12. The van der Waals surface area contributed by atoms with Crippen LogP contribution in [0.15, 0.2) is 59.0 Å². The monoisotopic (exact) mass is 553 g/mol. The second kappa shape index (κ2) is 10.7. The van der Waals surface area contributed by atoms with Gasteiger partial charge in [0, 0.05) is 36.2 Å². The minimum atomic E-state index is -4.43. The quantitative estimate of drug-likeness (QED) is 0.238. The van der Waals surface area contributed by atoms with E-state index in [-0.39, 0.29) is 40.1 Å². The molecule has 1 atom stereocenters. The van der Waals surface area contributed by atoms with Gasteiger partial charge in [0.2, 0.25) is 5.71 Å². The van der Waals surface area contributed by atoms with Gasteiger partial charge in [-0.3, -0.25) is 9.59 Å². The molecule has 0 aliphatic heterocycles. The number of hydrogen-bond acceptors (Lipinski definition) is 4. The molecular formula is C30H27F4N3O3. The van der Waals surface area contributed by atoms with Crippen molar-refractivity contribution in [3.8, 4) is 22.5 Å². The lowest BCUT2D eigenvalue weighted by molar-refractivity contribution is -0.134. The van der Waals surface area contributed by atoms with E-state index in [0.717, 1.165) is 12.8 Å². The van der Waals surface area contributed by atoms with Gasteiger partial charge in [-0.15, -0.1) is 0 Å². The van der Waals surface area contributed by atoms with E-state index in [1.807, 2.05) is 6.92 Å². The smallest absolute Gasteiger partial charge is 0.389 e. The molecule has 5 rings (SSSR count). The minimum Gasteiger partial charge on any atom is -0.437 e. The molecule has 2 aromatic heterocycles. The summed E-state index contributed by atoms with van der Waals surface area (Å²) in [5, 5.41) is 5.82. The summed E-state index contributed by atoms with van der Waals surface area (Å²) in [7, 11) is 1.44. The first-order chi connectivity index (χ1) is 19.0. The Labute approximate surface area is 227 Å². The fraction of sp³-hybridized carbons (Fsp3) is 0.300. The summed E-state index contributed by atoms with van der Waals surface area (Å²) >= 11 is 0. The van der Waals surface area contributed by atoms with Crippen LogP contribution in [0.2, 0.25) is 0 Å². The van der Waals surface area contributed by atoms with E-state index in [4.69, 9.17) is 4.42 Å². The van der Waals surface area contributed by atoms with Crippen molar-refractivity contribution in [2.24, 2.45) is 5.92 Å². The predicted molar refractivity (Wildman–Crippen MR) is 142 cm³/mol. The van der Waals surface area contributed by atoms with E-state index >= 15 is 0 Å². The molecule has 0 bridgehead atoms. The molecule has 0 saturated heterocycles. The molecule has 0 radical (unpaired) electrons. The third-order valence-corrected chi connectivity index (χ3v) is 7.09. The normalized spacial score (nSPS) is 14.2. The summed E-state index contributed by atoms with van der Waals surface area (Å²) in [5.74, 6) is -0.696. The molecule has 208 valence electrons. The molecular weight excluding hydrogens is 526 g/mol. The summed E-state index contributed by atoms with van der Waals surface area (Å²) < 4.78 is 59.2. The second-order valence-electron chi connectivity index (χ2n) is 10.0. The molecule has 1 fully saturated rings. The van der Waals surface area contributed by atoms with Crippen molar-refractivity contribution in [1.82, 2.24) is 15.6 Å². The number of aryl methyl sites for hydroxylation is 1. The molecule has 1 aliphatic rings. The van der Waals surface area contributed by atoms with Crippen molar-refractivity contribution in [2.75, 3.05) is 7.05 Å². The number of pyridine rings is 1. The number of aromatic nitrogens is 1. The highest BCUT2D eigenvalue weighted by molar-refractivity contribution is 6.11. The van der Waals surface area contributed by atoms with Gasteiger partial charge in [0.05, 0.1) is 16.6 Å². The van der Waals surface area contributed by atoms with E-state index in [2.05, 4.69) is 15.6 Å². The maximum absolute atomic E-state index is 13.6. The number of carbonyl (C=O) groups is 2. The molecule has 1 saturated carbocycles. The summed E-state index contributed by atoms with van der Waals surface area (Å²) in [6, 6.07) is 13.5. The summed E-state index contributed by atoms with van der Waals surface area (Å²) in [6.07, 6.45) is -3.86. The van der Waals surface area contributed by atoms with E-state index in [1.54, 1.807) is 30.3 Å². The standard InChI is InChI=1S/C30H27F4N3O3/c1-16(17-6-7-17)36-27(38)20-5-3-4-19(14-20)22-15-23-25(28(39)35-2)26(18-8-10-21(31)11-9-18)40-29(23)37-24(22)12-13-30(32,33)34/h3-5,8-11,14-17H,6-7,12-13H2,1-2H3,(H,35,39)(H,36,38)/t16-/m1/s1. The fourth-order valence-corrected chi connectivity index (χ4v) is 4.75.